The summed E-state index contributed by atoms with van der Waals surface area (Å²) in [7, 11) is 0. The number of hydrogen-bond acceptors (Lipinski definition) is 1. The van der Waals surface area contributed by atoms with Crippen LogP contribution in [0, 0.1) is 5.82 Å². The molecule has 68 valence electrons. The molecule has 1 aromatic carbocycles. The van der Waals surface area contributed by atoms with Gasteiger partial charge in [-0.25, -0.2) is 4.39 Å². The highest BCUT2D eigenvalue weighted by Crippen LogP contribution is 2.05. The molecule has 0 aromatic heterocycles. The maximum atomic E-state index is 12.5. The maximum absolute atomic E-state index is 12.5. The fourth-order valence-electron chi connectivity index (χ4n) is 0.862. The molecule has 1 aromatic rings. The molecule has 1 rings (SSSR count). The van der Waals surface area contributed by atoms with Crippen LogP contribution in [-0.2, 0) is 0 Å². The van der Waals surface area contributed by atoms with Crippen LogP contribution in [0.5, 0.6) is 0 Å². The summed E-state index contributed by atoms with van der Waals surface area (Å²) in [5.41, 5.74) is 0.849. The van der Waals surface area contributed by atoms with Crippen LogP contribution in [0.15, 0.2) is 43.0 Å². The van der Waals surface area contributed by atoms with E-state index in [4.69, 9.17) is 5.11 Å². The first-order valence-corrected chi connectivity index (χ1v) is 3.97. The predicted molar refractivity (Wildman–Crippen MR) is 51.6 cm³/mol. The van der Waals surface area contributed by atoms with E-state index in [0.29, 0.717) is 0 Å². The molecule has 1 atom stereocenters. The summed E-state index contributed by atoms with van der Waals surface area (Å²) in [6.45, 7) is 3.43. The van der Waals surface area contributed by atoms with Gasteiger partial charge in [-0.2, -0.15) is 0 Å². The second-order valence-electron chi connectivity index (χ2n) is 2.64. The minimum Gasteiger partial charge on any atom is -0.385 e. The number of aliphatic hydroxyl groups excluding tert-OH is 1. The summed E-state index contributed by atoms with van der Waals surface area (Å²) < 4.78 is 12.5. The number of hydrogen-bond donors (Lipinski definition) is 1. The van der Waals surface area contributed by atoms with Gasteiger partial charge in [0.25, 0.3) is 0 Å². The van der Waals surface area contributed by atoms with E-state index in [-0.39, 0.29) is 5.82 Å². The Morgan fingerprint density at radius 3 is 2.46 bits per heavy atom. The largest absolute Gasteiger partial charge is 0.385 e. The van der Waals surface area contributed by atoms with E-state index in [2.05, 4.69) is 6.58 Å². The van der Waals surface area contributed by atoms with Gasteiger partial charge in [0, 0.05) is 0 Å². The van der Waals surface area contributed by atoms with Crippen molar-refractivity contribution in [1.29, 1.82) is 0 Å². The maximum Gasteiger partial charge on any atom is 0.123 e. The van der Waals surface area contributed by atoms with Crippen LogP contribution in [0.25, 0.3) is 6.08 Å². The van der Waals surface area contributed by atoms with Crippen LogP contribution in [-0.4, -0.2) is 11.2 Å². The summed E-state index contributed by atoms with van der Waals surface area (Å²) in [5, 5.41) is 9.09. The molecule has 0 heterocycles. The standard InChI is InChI=1S/C11H11FO/c1-2-11(13)8-5-9-3-6-10(12)7-4-9/h2-8,11,13H,1H2/b8-5+. The zero-order valence-electron chi connectivity index (χ0n) is 7.15. The van der Waals surface area contributed by atoms with Crippen molar-refractivity contribution in [2.75, 3.05) is 0 Å². The molecule has 1 unspecified atom stereocenters. The number of rotatable bonds is 3. The topological polar surface area (TPSA) is 20.2 Å². The fraction of sp³-hybridized carbons (Fsp3) is 0.0909. The molecule has 0 saturated heterocycles. The molecular weight excluding hydrogens is 167 g/mol. The van der Waals surface area contributed by atoms with Gasteiger partial charge in [0.05, 0.1) is 6.10 Å². The average molecular weight is 178 g/mol. The highest BCUT2D eigenvalue weighted by Gasteiger charge is 1.91. The molecule has 0 fully saturated rings. The zero-order valence-corrected chi connectivity index (χ0v) is 7.15. The van der Waals surface area contributed by atoms with Gasteiger partial charge in [0.15, 0.2) is 0 Å². The lowest BCUT2D eigenvalue weighted by atomic mass is 10.2. The summed E-state index contributed by atoms with van der Waals surface area (Å²) in [6.07, 6.45) is 4.07. The van der Waals surface area contributed by atoms with Gasteiger partial charge < -0.3 is 5.11 Å². The van der Waals surface area contributed by atoms with E-state index in [1.165, 1.54) is 18.2 Å². The fourth-order valence-corrected chi connectivity index (χ4v) is 0.862. The second-order valence-corrected chi connectivity index (χ2v) is 2.64. The van der Waals surface area contributed by atoms with Crippen molar-refractivity contribution in [1.82, 2.24) is 0 Å². The molecule has 0 aliphatic carbocycles. The summed E-state index contributed by atoms with van der Waals surface area (Å²) in [6, 6.07) is 6.03. The van der Waals surface area contributed by atoms with E-state index < -0.39 is 6.10 Å². The van der Waals surface area contributed by atoms with Crippen LogP contribution in [0.1, 0.15) is 5.56 Å². The number of benzene rings is 1. The smallest absolute Gasteiger partial charge is 0.123 e. The van der Waals surface area contributed by atoms with Gasteiger partial charge in [0.1, 0.15) is 5.82 Å². The van der Waals surface area contributed by atoms with E-state index in [1.54, 1.807) is 24.3 Å². The predicted octanol–water partition coefficient (Wildman–Crippen LogP) is 2.39. The molecule has 1 N–H and O–H groups in total. The van der Waals surface area contributed by atoms with E-state index in [1.807, 2.05) is 0 Å². The Morgan fingerprint density at radius 1 is 1.31 bits per heavy atom. The molecule has 0 aliphatic rings. The minimum atomic E-state index is -0.648. The monoisotopic (exact) mass is 178 g/mol. The summed E-state index contributed by atoms with van der Waals surface area (Å²) in [5.74, 6) is -0.263. The van der Waals surface area contributed by atoms with Crippen molar-refractivity contribution >= 4 is 6.08 Å². The Hall–Kier alpha value is -1.41. The average Bonchev–Trinajstić information content (AvgIpc) is 2.16. The van der Waals surface area contributed by atoms with Crippen molar-refractivity contribution in [3.8, 4) is 0 Å². The zero-order chi connectivity index (χ0) is 9.68. The molecule has 1 nitrogen and oxygen atoms in total. The van der Waals surface area contributed by atoms with Gasteiger partial charge in [-0.1, -0.05) is 30.4 Å². The van der Waals surface area contributed by atoms with Gasteiger partial charge in [-0.05, 0) is 17.7 Å². The Bertz CT molecular complexity index is 300. The van der Waals surface area contributed by atoms with E-state index >= 15 is 0 Å². The second kappa shape index (κ2) is 4.58. The van der Waals surface area contributed by atoms with E-state index in [0.717, 1.165) is 5.56 Å². The van der Waals surface area contributed by atoms with Crippen LogP contribution >= 0.6 is 0 Å². The van der Waals surface area contributed by atoms with Gasteiger partial charge in [-0.15, -0.1) is 6.58 Å². The Morgan fingerprint density at radius 2 is 1.92 bits per heavy atom. The number of aliphatic hydroxyl groups is 1. The lowest BCUT2D eigenvalue weighted by molar-refractivity contribution is 0.273. The molecule has 0 spiro atoms. The van der Waals surface area contributed by atoms with Crippen LogP contribution in [0.2, 0.25) is 0 Å². The molecule has 2 heteroatoms. The highest BCUT2D eigenvalue weighted by atomic mass is 19.1. The minimum absolute atomic E-state index is 0.263. The van der Waals surface area contributed by atoms with Gasteiger partial charge >= 0.3 is 0 Å². The molecule has 0 bridgehead atoms. The Kier molecular flexibility index (Phi) is 3.41. The number of halogens is 1. The van der Waals surface area contributed by atoms with Crippen LogP contribution in [0.3, 0.4) is 0 Å². The van der Waals surface area contributed by atoms with Crippen molar-refractivity contribution in [2.24, 2.45) is 0 Å². The van der Waals surface area contributed by atoms with Crippen molar-refractivity contribution in [3.05, 3.63) is 54.4 Å². The first-order chi connectivity index (χ1) is 6.22. The van der Waals surface area contributed by atoms with Gasteiger partial charge in [0.2, 0.25) is 0 Å². The lowest BCUT2D eigenvalue weighted by Crippen LogP contribution is -1.93. The van der Waals surface area contributed by atoms with Crippen molar-refractivity contribution in [3.63, 3.8) is 0 Å². The van der Waals surface area contributed by atoms with Gasteiger partial charge in [-0.3, -0.25) is 0 Å². The SMILES string of the molecule is C=CC(O)/C=C/c1ccc(F)cc1. The van der Waals surface area contributed by atoms with Crippen molar-refractivity contribution < 1.29 is 9.50 Å². The van der Waals surface area contributed by atoms with Crippen LogP contribution < -0.4 is 0 Å². The first-order valence-electron chi connectivity index (χ1n) is 3.97. The first kappa shape index (κ1) is 9.68. The highest BCUT2D eigenvalue weighted by molar-refractivity contribution is 5.49. The molecule has 0 radical (unpaired) electrons. The molecule has 0 aliphatic heterocycles. The van der Waals surface area contributed by atoms with Crippen molar-refractivity contribution in [2.45, 2.75) is 6.10 Å². The molecule has 13 heavy (non-hydrogen) atoms. The third-order valence-electron chi connectivity index (χ3n) is 1.60. The third kappa shape index (κ3) is 3.22. The molecule has 0 saturated carbocycles. The summed E-state index contributed by atoms with van der Waals surface area (Å²) >= 11 is 0. The Balaban J connectivity index is 2.69. The molecule has 0 amide bonds. The Labute approximate surface area is 76.8 Å². The lowest BCUT2D eigenvalue weighted by Gasteiger charge is -1.96. The quantitative estimate of drug-likeness (QED) is 0.704. The van der Waals surface area contributed by atoms with Crippen LogP contribution in [0.4, 0.5) is 4.39 Å². The normalized spacial score (nSPS) is 13.1. The third-order valence-corrected chi connectivity index (χ3v) is 1.60. The molecular formula is C11H11FO. The summed E-state index contributed by atoms with van der Waals surface area (Å²) in [4.78, 5) is 0. The van der Waals surface area contributed by atoms with E-state index in [9.17, 15) is 4.39 Å².